The average molecular weight is 298 g/mol. The van der Waals surface area contributed by atoms with Gasteiger partial charge in [0, 0.05) is 11.6 Å². The van der Waals surface area contributed by atoms with Gasteiger partial charge in [-0.1, -0.05) is 0 Å². The van der Waals surface area contributed by atoms with E-state index >= 15 is 0 Å². The minimum atomic E-state index is -0.517. The van der Waals surface area contributed by atoms with Gasteiger partial charge in [0.05, 0.1) is 22.7 Å². The minimum Gasteiger partial charge on any atom is -0.465 e. The molecule has 1 heterocycles. The van der Waals surface area contributed by atoms with E-state index in [-0.39, 0.29) is 5.56 Å². The highest BCUT2D eigenvalue weighted by molar-refractivity contribution is 9.10. The third-order valence-corrected chi connectivity index (χ3v) is 3.20. The number of benzene rings is 1. The fourth-order valence-electron chi connectivity index (χ4n) is 1.69. The molecule has 0 aliphatic heterocycles. The Morgan fingerprint density at radius 3 is 2.82 bits per heavy atom. The molecule has 0 bridgehead atoms. The Morgan fingerprint density at radius 1 is 1.47 bits per heavy atom. The summed E-state index contributed by atoms with van der Waals surface area (Å²) in [5.41, 5.74) is 1.31. The molecule has 0 amide bonds. The number of carbonyl (C=O) groups is 1. The number of nitrogens with zero attached hydrogens (tertiary/aromatic N) is 1. The molecule has 0 fully saturated rings. The van der Waals surface area contributed by atoms with Crippen molar-refractivity contribution in [1.82, 2.24) is 4.98 Å². The number of hydrogen-bond donors (Lipinski definition) is 0. The number of halogens is 2. The number of fused-ring (bicyclic) bond motifs is 1. The predicted octanol–water partition coefficient (Wildman–Crippen LogP) is 3.23. The molecule has 17 heavy (non-hydrogen) atoms. The van der Waals surface area contributed by atoms with Gasteiger partial charge in [-0.3, -0.25) is 4.98 Å². The van der Waals surface area contributed by atoms with Gasteiger partial charge in [-0.15, -0.1) is 0 Å². The quantitative estimate of drug-likeness (QED) is 0.759. The van der Waals surface area contributed by atoms with Crippen LogP contribution in [0.1, 0.15) is 15.9 Å². The van der Waals surface area contributed by atoms with E-state index in [4.69, 9.17) is 0 Å². The van der Waals surface area contributed by atoms with Crippen molar-refractivity contribution in [2.75, 3.05) is 7.11 Å². The van der Waals surface area contributed by atoms with Crippen LogP contribution in [0, 0.1) is 12.7 Å². The third-order valence-electron chi connectivity index (χ3n) is 2.59. The molecule has 0 N–H and O–H groups in total. The zero-order valence-electron chi connectivity index (χ0n) is 9.25. The van der Waals surface area contributed by atoms with Crippen LogP contribution in [0.3, 0.4) is 0 Å². The summed E-state index contributed by atoms with van der Waals surface area (Å²) in [5, 5.41) is 0.335. The first-order chi connectivity index (χ1) is 8.06. The lowest BCUT2D eigenvalue weighted by Gasteiger charge is -2.08. The van der Waals surface area contributed by atoms with Crippen molar-refractivity contribution in [3.8, 4) is 0 Å². The average Bonchev–Trinajstić information content (AvgIpc) is 2.33. The van der Waals surface area contributed by atoms with Gasteiger partial charge < -0.3 is 4.74 Å². The van der Waals surface area contributed by atoms with Crippen molar-refractivity contribution >= 4 is 32.8 Å². The summed E-state index contributed by atoms with van der Waals surface area (Å²) in [6.45, 7) is 1.67. The maximum absolute atomic E-state index is 14.0. The molecule has 0 atom stereocenters. The number of carbonyl (C=O) groups excluding carboxylic acids is 1. The molecule has 5 heteroatoms. The Balaban J connectivity index is 2.82. The zero-order valence-corrected chi connectivity index (χ0v) is 10.8. The molecule has 3 nitrogen and oxygen atoms in total. The van der Waals surface area contributed by atoms with Gasteiger partial charge in [-0.2, -0.15) is 0 Å². The SMILES string of the molecule is COC(=O)c1cnc2ccc(Br)c(F)c2c1C. The van der Waals surface area contributed by atoms with E-state index in [9.17, 15) is 9.18 Å². The van der Waals surface area contributed by atoms with Gasteiger partial charge in [-0.05, 0) is 40.5 Å². The Kier molecular flexibility index (Phi) is 3.11. The number of pyridine rings is 1. The van der Waals surface area contributed by atoms with Crippen molar-refractivity contribution in [3.05, 3.63) is 39.7 Å². The molecule has 0 aliphatic carbocycles. The number of aryl methyl sites for hydroxylation is 1. The normalized spacial score (nSPS) is 10.6. The van der Waals surface area contributed by atoms with E-state index in [0.717, 1.165) is 0 Å². The lowest BCUT2D eigenvalue weighted by molar-refractivity contribution is 0.0599. The molecule has 1 aromatic carbocycles. The molecule has 0 radical (unpaired) electrons. The van der Waals surface area contributed by atoms with E-state index in [1.54, 1.807) is 19.1 Å². The summed E-state index contributed by atoms with van der Waals surface area (Å²) in [6.07, 6.45) is 1.40. The minimum absolute atomic E-state index is 0.275. The molecule has 0 unspecified atom stereocenters. The zero-order chi connectivity index (χ0) is 12.6. The topological polar surface area (TPSA) is 39.2 Å². The fraction of sp³-hybridized carbons (Fsp3) is 0.167. The number of hydrogen-bond acceptors (Lipinski definition) is 3. The molecule has 2 rings (SSSR count). The van der Waals surface area contributed by atoms with E-state index in [2.05, 4.69) is 25.7 Å². The van der Waals surface area contributed by atoms with Crippen molar-refractivity contribution in [3.63, 3.8) is 0 Å². The van der Waals surface area contributed by atoms with Crippen LogP contribution in [-0.4, -0.2) is 18.1 Å². The fourth-order valence-corrected chi connectivity index (χ4v) is 2.02. The number of methoxy groups -OCH3 is 1. The second kappa shape index (κ2) is 4.41. The second-order valence-corrected chi connectivity index (χ2v) is 4.40. The Morgan fingerprint density at radius 2 is 2.18 bits per heavy atom. The Hall–Kier alpha value is -1.49. The molecule has 2 aromatic rings. The monoisotopic (exact) mass is 297 g/mol. The van der Waals surface area contributed by atoms with E-state index in [1.165, 1.54) is 13.3 Å². The van der Waals surface area contributed by atoms with Crippen LogP contribution < -0.4 is 0 Å². The maximum Gasteiger partial charge on any atom is 0.339 e. The van der Waals surface area contributed by atoms with E-state index in [0.29, 0.717) is 20.9 Å². The summed E-state index contributed by atoms with van der Waals surface area (Å²) in [7, 11) is 1.28. The van der Waals surface area contributed by atoms with Crippen LogP contribution in [0.2, 0.25) is 0 Å². The molecule has 1 aromatic heterocycles. The van der Waals surface area contributed by atoms with Crippen LogP contribution >= 0.6 is 15.9 Å². The van der Waals surface area contributed by atoms with E-state index < -0.39 is 11.8 Å². The number of ether oxygens (including phenoxy) is 1. The largest absolute Gasteiger partial charge is 0.465 e. The molecule has 0 aliphatic rings. The standard InChI is InChI=1S/C12H9BrFNO2/c1-6-7(12(16)17-2)5-15-9-4-3-8(13)11(14)10(6)9/h3-5H,1-2H3. The lowest BCUT2D eigenvalue weighted by Crippen LogP contribution is -2.05. The molecule has 0 saturated carbocycles. The van der Waals surface area contributed by atoms with Crippen LogP contribution in [0.25, 0.3) is 10.9 Å². The highest BCUT2D eigenvalue weighted by Gasteiger charge is 2.16. The van der Waals surface area contributed by atoms with Crippen LogP contribution in [0.5, 0.6) is 0 Å². The third kappa shape index (κ3) is 1.91. The summed E-state index contributed by atoms with van der Waals surface area (Å²) < 4.78 is 18.9. The van der Waals surface area contributed by atoms with E-state index in [1.807, 2.05) is 0 Å². The Bertz CT molecular complexity index is 613. The molecule has 0 spiro atoms. The molecule has 88 valence electrons. The van der Waals surface area contributed by atoms with Crippen LogP contribution in [0.15, 0.2) is 22.8 Å². The Labute approximate surface area is 106 Å². The number of aromatic nitrogens is 1. The molecular weight excluding hydrogens is 289 g/mol. The first-order valence-corrected chi connectivity index (χ1v) is 5.67. The highest BCUT2D eigenvalue weighted by atomic mass is 79.9. The van der Waals surface area contributed by atoms with Gasteiger partial charge in [0.2, 0.25) is 0 Å². The molecular formula is C12H9BrFNO2. The van der Waals surface area contributed by atoms with Gasteiger partial charge in [0.25, 0.3) is 0 Å². The highest BCUT2D eigenvalue weighted by Crippen LogP contribution is 2.28. The van der Waals surface area contributed by atoms with Gasteiger partial charge in [0.1, 0.15) is 5.82 Å². The summed E-state index contributed by atoms with van der Waals surface area (Å²) in [4.78, 5) is 15.5. The smallest absolute Gasteiger partial charge is 0.339 e. The summed E-state index contributed by atoms with van der Waals surface area (Å²) in [5.74, 6) is -0.936. The second-order valence-electron chi connectivity index (χ2n) is 3.54. The van der Waals surface area contributed by atoms with Gasteiger partial charge in [-0.25, -0.2) is 9.18 Å². The van der Waals surface area contributed by atoms with Crippen LogP contribution in [0.4, 0.5) is 4.39 Å². The van der Waals surface area contributed by atoms with Crippen molar-refractivity contribution in [2.24, 2.45) is 0 Å². The van der Waals surface area contributed by atoms with Crippen LogP contribution in [-0.2, 0) is 4.74 Å². The number of esters is 1. The molecule has 0 saturated heterocycles. The number of rotatable bonds is 1. The van der Waals surface area contributed by atoms with Crippen molar-refractivity contribution in [2.45, 2.75) is 6.92 Å². The van der Waals surface area contributed by atoms with Crippen molar-refractivity contribution < 1.29 is 13.9 Å². The van der Waals surface area contributed by atoms with Crippen molar-refractivity contribution in [1.29, 1.82) is 0 Å². The lowest BCUT2D eigenvalue weighted by atomic mass is 10.0. The summed E-state index contributed by atoms with van der Waals surface area (Å²) >= 11 is 3.11. The maximum atomic E-state index is 14.0. The summed E-state index contributed by atoms with van der Waals surface area (Å²) in [6, 6.07) is 3.28. The first-order valence-electron chi connectivity index (χ1n) is 4.88. The first kappa shape index (κ1) is 12.0. The predicted molar refractivity (Wildman–Crippen MR) is 65.5 cm³/mol. The van der Waals surface area contributed by atoms with Gasteiger partial charge >= 0.3 is 5.97 Å². The van der Waals surface area contributed by atoms with Gasteiger partial charge in [0.15, 0.2) is 0 Å².